The molecule has 0 amide bonds. The molecule has 1 aliphatic carbocycles. The van der Waals surface area contributed by atoms with Gasteiger partial charge in [0.1, 0.15) is 6.61 Å². The highest BCUT2D eigenvalue weighted by Crippen LogP contribution is 2.27. The van der Waals surface area contributed by atoms with Crippen molar-refractivity contribution in [3.63, 3.8) is 0 Å². The quantitative estimate of drug-likeness (QED) is 0.570. The average Bonchev–Trinajstić information content (AvgIpc) is 2.23. The molecule has 0 aliphatic heterocycles. The van der Waals surface area contributed by atoms with Gasteiger partial charge in [-0.3, -0.25) is 0 Å². The second kappa shape index (κ2) is 6.95. The number of nitrogens with zero attached hydrogens (tertiary/aromatic N) is 1. The van der Waals surface area contributed by atoms with Crippen molar-refractivity contribution < 1.29 is 17.9 Å². The average molecular weight is 318 g/mol. The summed E-state index contributed by atoms with van der Waals surface area (Å²) >= 11 is 3.63. The van der Waals surface area contributed by atoms with Gasteiger partial charge in [-0.1, -0.05) is 28.8 Å². The molecule has 1 fully saturated rings. The molecule has 17 heavy (non-hydrogen) atoms. The Morgan fingerprint density at radius 1 is 1.29 bits per heavy atom. The van der Waals surface area contributed by atoms with Crippen LogP contribution in [-0.2, 0) is 4.74 Å². The molecule has 0 aromatic rings. The van der Waals surface area contributed by atoms with E-state index in [0.717, 1.165) is 12.8 Å². The molecule has 0 aromatic carbocycles. The highest BCUT2D eigenvalue weighted by Gasteiger charge is 2.28. The highest BCUT2D eigenvalue weighted by molar-refractivity contribution is 9.09. The van der Waals surface area contributed by atoms with E-state index in [-0.39, 0.29) is 6.61 Å². The third-order valence-corrected chi connectivity index (χ3v) is 4.14. The molecule has 1 saturated carbocycles. The van der Waals surface area contributed by atoms with E-state index in [2.05, 4.69) is 25.6 Å². The zero-order valence-electron chi connectivity index (χ0n) is 9.97. The Morgan fingerprint density at radius 2 is 1.94 bits per heavy atom. The molecule has 0 heterocycles. The molecule has 0 N–H and O–H groups in total. The topological polar surface area (TPSA) is 12.5 Å². The van der Waals surface area contributed by atoms with Crippen molar-refractivity contribution in [2.75, 3.05) is 26.8 Å². The van der Waals surface area contributed by atoms with Crippen LogP contribution >= 0.6 is 15.9 Å². The van der Waals surface area contributed by atoms with Crippen molar-refractivity contribution in [2.45, 2.75) is 42.7 Å². The lowest BCUT2D eigenvalue weighted by Crippen LogP contribution is -2.42. The number of likely N-dealkylation sites (N-methyl/N-ethyl adjacent to an activating group) is 1. The minimum atomic E-state index is -4.22. The first-order valence-electron chi connectivity index (χ1n) is 5.89. The van der Waals surface area contributed by atoms with Gasteiger partial charge in [0.05, 0.1) is 6.61 Å². The van der Waals surface area contributed by atoms with Crippen LogP contribution in [0.1, 0.15) is 25.7 Å². The Bertz CT molecular complexity index is 225. The van der Waals surface area contributed by atoms with Crippen LogP contribution in [0.2, 0.25) is 0 Å². The van der Waals surface area contributed by atoms with E-state index in [1.165, 1.54) is 12.8 Å². The first-order chi connectivity index (χ1) is 7.90. The van der Waals surface area contributed by atoms with E-state index in [1.54, 1.807) is 0 Å². The van der Waals surface area contributed by atoms with Crippen molar-refractivity contribution in [1.29, 1.82) is 0 Å². The fourth-order valence-electron chi connectivity index (χ4n) is 2.12. The molecule has 0 spiro atoms. The SMILES string of the molecule is CN(CCOCC(F)(F)F)C1CCCCC1Br. The van der Waals surface area contributed by atoms with Gasteiger partial charge in [-0.05, 0) is 19.9 Å². The van der Waals surface area contributed by atoms with Crippen molar-refractivity contribution in [1.82, 2.24) is 4.90 Å². The minimum Gasteiger partial charge on any atom is -0.371 e. The van der Waals surface area contributed by atoms with Gasteiger partial charge in [-0.15, -0.1) is 0 Å². The number of rotatable bonds is 5. The van der Waals surface area contributed by atoms with Crippen LogP contribution in [0, 0.1) is 0 Å². The first kappa shape index (κ1) is 15.2. The summed E-state index contributed by atoms with van der Waals surface area (Å²) in [5, 5.41) is 0. The van der Waals surface area contributed by atoms with Crippen molar-refractivity contribution >= 4 is 15.9 Å². The molecule has 1 aliphatic rings. The van der Waals surface area contributed by atoms with Crippen LogP contribution in [0.5, 0.6) is 0 Å². The largest absolute Gasteiger partial charge is 0.411 e. The second-order valence-electron chi connectivity index (χ2n) is 4.52. The molecule has 0 bridgehead atoms. The van der Waals surface area contributed by atoms with Gasteiger partial charge in [0.25, 0.3) is 0 Å². The number of alkyl halides is 4. The molecule has 0 saturated heterocycles. The third kappa shape index (κ3) is 6.06. The predicted octanol–water partition coefficient (Wildman–Crippen LogP) is 3.20. The van der Waals surface area contributed by atoms with E-state index in [0.29, 0.717) is 17.4 Å². The van der Waals surface area contributed by atoms with Crippen molar-refractivity contribution in [3.8, 4) is 0 Å². The van der Waals surface area contributed by atoms with Gasteiger partial charge in [0.2, 0.25) is 0 Å². The van der Waals surface area contributed by atoms with E-state index in [4.69, 9.17) is 0 Å². The van der Waals surface area contributed by atoms with Gasteiger partial charge in [0, 0.05) is 17.4 Å². The lowest BCUT2D eigenvalue weighted by molar-refractivity contribution is -0.174. The molecule has 6 heteroatoms. The van der Waals surface area contributed by atoms with Crippen LogP contribution in [0.3, 0.4) is 0 Å². The zero-order valence-corrected chi connectivity index (χ0v) is 11.6. The fraction of sp³-hybridized carbons (Fsp3) is 1.00. The third-order valence-electron chi connectivity index (χ3n) is 3.07. The van der Waals surface area contributed by atoms with Crippen LogP contribution in [0.25, 0.3) is 0 Å². The normalized spacial score (nSPS) is 26.5. The lowest BCUT2D eigenvalue weighted by atomic mass is 9.94. The van der Waals surface area contributed by atoms with Crippen LogP contribution in [-0.4, -0.2) is 48.8 Å². The Morgan fingerprint density at radius 3 is 2.53 bits per heavy atom. The number of halogens is 4. The van der Waals surface area contributed by atoms with E-state index in [1.807, 2.05) is 7.05 Å². The molecule has 0 radical (unpaired) electrons. The predicted molar refractivity (Wildman–Crippen MR) is 64.5 cm³/mol. The molecular formula is C11H19BrF3NO. The summed E-state index contributed by atoms with van der Waals surface area (Å²) in [6, 6.07) is 0.415. The molecule has 1 rings (SSSR count). The number of ether oxygens (including phenoxy) is 1. The van der Waals surface area contributed by atoms with Gasteiger partial charge in [-0.2, -0.15) is 13.2 Å². The summed E-state index contributed by atoms with van der Waals surface area (Å²) in [6.45, 7) is -0.474. The van der Waals surface area contributed by atoms with Crippen molar-refractivity contribution in [3.05, 3.63) is 0 Å². The number of hydrogen-bond donors (Lipinski definition) is 0. The standard InChI is InChI=1S/C11H19BrF3NO/c1-16(6-7-17-8-11(13,14)15)10-5-3-2-4-9(10)12/h9-10H,2-8H2,1H3. The summed E-state index contributed by atoms with van der Waals surface area (Å²) in [5.41, 5.74) is 0. The Balaban J connectivity index is 2.17. The van der Waals surface area contributed by atoms with Crippen LogP contribution in [0.4, 0.5) is 13.2 Å². The Kier molecular flexibility index (Phi) is 6.23. The molecule has 2 atom stereocenters. The van der Waals surface area contributed by atoms with Gasteiger partial charge in [0.15, 0.2) is 0 Å². The fourth-order valence-corrected chi connectivity index (χ4v) is 3.12. The molecule has 2 nitrogen and oxygen atoms in total. The second-order valence-corrected chi connectivity index (χ2v) is 5.69. The van der Waals surface area contributed by atoms with Crippen LogP contribution in [0.15, 0.2) is 0 Å². The van der Waals surface area contributed by atoms with Gasteiger partial charge < -0.3 is 9.64 Å². The Labute approximate surface area is 109 Å². The zero-order chi connectivity index (χ0) is 12.9. The maximum absolute atomic E-state index is 11.9. The van der Waals surface area contributed by atoms with Crippen LogP contribution < -0.4 is 0 Å². The van der Waals surface area contributed by atoms with E-state index >= 15 is 0 Å². The minimum absolute atomic E-state index is 0.131. The van der Waals surface area contributed by atoms with Gasteiger partial charge in [-0.25, -0.2) is 0 Å². The summed E-state index contributed by atoms with van der Waals surface area (Å²) in [5.74, 6) is 0. The molecular weight excluding hydrogens is 299 g/mol. The lowest BCUT2D eigenvalue weighted by Gasteiger charge is -2.35. The molecule has 2 unspecified atom stereocenters. The Hall–Kier alpha value is 0.190. The maximum atomic E-state index is 11.9. The van der Waals surface area contributed by atoms with E-state index in [9.17, 15) is 13.2 Å². The van der Waals surface area contributed by atoms with Gasteiger partial charge >= 0.3 is 6.18 Å². The number of hydrogen-bond acceptors (Lipinski definition) is 2. The first-order valence-corrected chi connectivity index (χ1v) is 6.80. The molecule has 0 aromatic heterocycles. The highest BCUT2D eigenvalue weighted by atomic mass is 79.9. The molecule has 102 valence electrons. The summed E-state index contributed by atoms with van der Waals surface area (Å²) in [7, 11) is 1.95. The van der Waals surface area contributed by atoms with E-state index < -0.39 is 12.8 Å². The summed E-state index contributed by atoms with van der Waals surface area (Å²) in [6.07, 6.45) is 0.441. The van der Waals surface area contributed by atoms with Crippen molar-refractivity contribution in [2.24, 2.45) is 0 Å². The smallest absolute Gasteiger partial charge is 0.371 e. The summed E-state index contributed by atoms with van der Waals surface area (Å²) in [4.78, 5) is 2.54. The summed E-state index contributed by atoms with van der Waals surface area (Å²) < 4.78 is 40.2. The monoisotopic (exact) mass is 317 g/mol. The maximum Gasteiger partial charge on any atom is 0.411 e.